The maximum absolute atomic E-state index is 12.3. The van der Waals surface area contributed by atoms with Gasteiger partial charge in [0.15, 0.2) is 5.78 Å². The summed E-state index contributed by atoms with van der Waals surface area (Å²) in [6.45, 7) is 0. The average molecular weight is 362 g/mol. The van der Waals surface area contributed by atoms with E-state index >= 15 is 0 Å². The second-order valence-corrected chi connectivity index (χ2v) is 5.42. The molecule has 0 fully saturated rings. The minimum absolute atomic E-state index is 0.182. The molecule has 2 rings (SSSR count). The second kappa shape index (κ2) is 7.13. The molecule has 4 nitrogen and oxygen atoms in total. The summed E-state index contributed by atoms with van der Waals surface area (Å²) < 4.78 is 11.4. The normalized spacial score (nSPS) is 10.7. The molecule has 0 saturated heterocycles. The van der Waals surface area contributed by atoms with Crippen LogP contribution >= 0.6 is 15.9 Å². The lowest BCUT2D eigenvalue weighted by Gasteiger charge is -2.09. The highest BCUT2D eigenvalue weighted by atomic mass is 79.9. The van der Waals surface area contributed by atoms with Crippen molar-refractivity contribution in [2.24, 2.45) is 0 Å². The molecule has 0 unspecified atom stereocenters. The molecule has 2 aromatic rings. The van der Waals surface area contributed by atoms with Crippen LogP contribution in [-0.2, 0) is 0 Å². The fourth-order valence-corrected chi connectivity index (χ4v) is 2.43. The summed E-state index contributed by atoms with van der Waals surface area (Å²) in [5, 5.41) is 0. The van der Waals surface area contributed by atoms with Gasteiger partial charge in [-0.2, -0.15) is 0 Å². The predicted molar refractivity (Wildman–Crippen MR) is 91.5 cm³/mol. The van der Waals surface area contributed by atoms with Crippen molar-refractivity contribution in [2.45, 2.75) is 0 Å². The molecule has 0 saturated carbocycles. The maximum Gasteiger partial charge on any atom is 0.187 e. The number of hydrogen-bond acceptors (Lipinski definition) is 4. The molecule has 0 aromatic heterocycles. The number of allylic oxidation sites excluding steroid dienone is 1. The van der Waals surface area contributed by atoms with Crippen molar-refractivity contribution in [2.75, 3.05) is 20.0 Å². The van der Waals surface area contributed by atoms with Crippen LogP contribution in [0.3, 0.4) is 0 Å². The van der Waals surface area contributed by atoms with Gasteiger partial charge >= 0.3 is 0 Å². The van der Waals surface area contributed by atoms with Crippen molar-refractivity contribution in [3.05, 3.63) is 58.1 Å². The highest BCUT2D eigenvalue weighted by Crippen LogP contribution is 2.29. The summed E-state index contributed by atoms with van der Waals surface area (Å²) in [5.74, 6) is 1.08. The van der Waals surface area contributed by atoms with Gasteiger partial charge in [0, 0.05) is 15.7 Å². The highest BCUT2D eigenvalue weighted by molar-refractivity contribution is 9.10. The van der Waals surface area contributed by atoms with Gasteiger partial charge in [-0.05, 0) is 42.5 Å². The Bertz CT molecular complexity index is 704. The number of rotatable bonds is 5. The molecule has 0 aliphatic heterocycles. The first kappa shape index (κ1) is 16.1. The number of carbonyl (C=O) groups is 1. The number of ether oxygens (including phenoxy) is 2. The Kier molecular flexibility index (Phi) is 5.22. The first-order valence-corrected chi connectivity index (χ1v) is 7.34. The number of nitrogen functional groups attached to an aromatic ring is 1. The third-order valence-electron chi connectivity index (χ3n) is 3.15. The fourth-order valence-electron chi connectivity index (χ4n) is 2.05. The van der Waals surface area contributed by atoms with Crippen molar-refractivity contribution >= 4 is 33.5 Å². The van der Waals surface area contributed by atoms with Crippen molar-refractivity contribution in [3.8, 4) is 11.5 Å². The van der Waals surface area contributed by atoms with Gasteiger partial charge in [-0.3, -0.25) is 4.79 Å². The van der Waals surface area contributed by atoms with Gasteiger partial charge in [0.1, 0.15) is 11.5 Å². The van der Waals surface area contributed by atoms with Crippen molar-refractivity contribution in [1.82, 2.24) is 0 Å². The minimum Gasteiger partial charge on any atom is -0.496 e. The zero-order valence-electron chi connectivity index (χ0n) is 12.3. The summed E-state index contributed by atoms with van der Waals surface area (Å²) in [6, 6.07) is 10.6. The molecule has 0 aliphatic rings. The van der Waals surface area contributed by atoms with Gasteiger partial charge in [-0.15, -0.1) is 0 Å². The lowest BCUT2D eigenvalue weighted by atomic mass is 10.1. The number of ketones is 1. The summed E-state index contributed by atoms with van der Waals surface area (Å²) in [4.78, 5) is 12.3. The van der Waals surface area contributed by atoms with E-state index in [9.17, 15) is 4.79 Å². The molecule has 0 amide bonds. The highest BCUT2D eigenvalue weighted by Gasteiger charge is 2.10. The van der Waals surface area contributed by atoms with E-state index < -0.39 is 0 Å². The van der Waals surface area contributed by atoms with Crippen LogP contribution in [0.1, 0.15) is 15.9 Å². The monoisotopic (exact) mass is 361 g/mol. The summed E-state index contributed by atoms with van der Waals surface area (Å²) >= 11 is 3.32. The number of methoxy groups -OCH3 is 2. The molecule has 0 spiro atoms. The van der Waals surface area contributed by atoms with Crippen molar-refractivity contribution in [3.63, 3.8) is 0 Å². The molecule has 0 atom stereocenters. The molecule has 22 heavy (non-hydrogen) atoms. The zero-order chi connectivity index (χ0) is 16.1. The van der Waals surface area contributed by atoms with E-state index in [1.165, 1.54) is 6.08 Å². The third kappa shape index (κ3) is 3.49. The standard InChI is InChI=1S/C17H16BrNO3/c1-21-16-4-3-5-17(22-2)13(16)8-9-15(20)12-7-6-11(18)10-14(12)19/h3-10H,19H2,1-2H3/b9-8+. The first-order valence-electron chi connectivity index (χ1n) is 6.55. The number of anilines is 1. The van der Waals surface area contributed by atoms with Crippen LogP contribution in [0.25, 0.3) is 6.08 Å². The van der Waals surface area contributed by atoms with Crippen LogP contribution in [0.15, 0.2) is 46.9 Å². The molecule has 0 heterocycles. The number of halogens is 1. The van der Waals surface area contributed by atoms with E-state index in [0.29, 0.717) is 28.3 Å². The lowest BCUT2D eigenvalue weighted by molar-refractivity contribution is 0.104. The zero-order valence-corrected chi connectivity index (χ0v) is 13.9. The van der Waals surface area contributed by atoms with Crippen LogP contribution in [0, 0.1) is 0 Å². The van der Waals surface area contributed by atoms with Gasteiger partial charge in [0.2, 0.25) is 0 Å². The minimum atomic E-state index is -0.182. The Morgan fingerprint density at radius 1 is 1.14 bits per heavy atom. The van der Waals surface area contributed by atoms with E-state index in [4.69, 9.17) is 15.2 Å². The SMILES string of the molecule is COc1cccc(OC)c1/C=C/C(=O)c1ccc(Br)cc1N. The summed E-state index contributed by atoms with van der Waals surface area (Å²) in [6.07, 6.45) is 3.13. The quantitative estimate of drug-likeness (QED) is 0.497. The topological polar surface area (TPSA) is 61.5 Å². The van der Waals surface area contributed by atoms with Gasteiger partial charge in [-0.25, -0.2) is 0 Å². The molecule has 2 N–H and O–H groups in total. The summed E-state index contributed by atoms with van der Waals surface area (Å²) in [7, 11) is 3.14. The smallest absolute Gasteiger partial charge is 0.187 e. The largest absolute Gasteiger partial charge is 0.496 e. The van der Waals surface area contributed by atoms with Crippen molar-refractivity contribution < 1.29 is 14.3 Å². The molecular formula is C17H16BrNO3. The van der Waals surface area contributed by atoms with E-state index in [1.807, 2.05) is 6.07 Å². The van der Waals surface area contributed by atoms with Crippen LogP contribution in [-0.4, -0.2) is 20.0 Å². The Morgan fingerprint density at radius 2 is 1.77 bits per heavy atom. The van der Waals surface area contributed by atoms with Gasteiger partial charge in [-0.1, -0.05) is 22.0 Å². The first-order chi connectivity index (χ1) is 10.6. The Morgan fingerprint density at radius 3 is 2.32 bits per heavy atom. The molecule has 2 aromatic carbocycles. The predicted octanol–water partition coefficient (Wildman–Crippen LogP) is 3.94. The van der Waals surface area contributed by atoms with Crippen molar-refractivity contribution in [1.29, 1.82) is 0 Å². The number of hydrogen-bond donors (Lipinski definition) is 1. The molecular weight excluding hydrogens is 346 g/mol. The van der Waals surface area contributed by atoms with Gasteiger partial charge in [0.25, 0.3) is 0 Å². The molecule has 114 valence electrons. The third-order valence-corrected chi connectivity index (χ3v) is 3.64. The van der Waals surface area contributed by atoms with E-state index in [1.54, 1.807) is 50.6 Å². The van der Waals surface area contributed by atoms with Crippen LogP contribution in [0.5, 0.6) is 11.5 Å². The van der Waals surface area contributed by atoms with Crippen LogP contribution in [0.4, 0.5) is 5.69 Å². The number of nitrogens with two attached hydrogens (primary N) is 1. The average Bonchev–Trinajstić information content (AvgIpc) is 2.52. The maximum atomic E-state index is 12.3. The Hall–Kier alpha value is -2.27. The van der Waals surface area contributed by atoms with Crippen LogP contribution in [0.2, 0.25) is 0 Å². The number of benzene rings is 2. The fraction of sp³-hybridized carbons (Fsp3) is 0.118. The Balaban J connectivity index is 2.34. The van der Waals surface area contributed by atoms with Gasteiger partial charge < -0.3 is 15.2 Å². The van der Waals surface area contributed by atoms with Gasteiger partial charge in [0.05, 0.1) is 19.8 Å². The Labute approximate surface area is 137 Å². The second-order valence-electron chi connectivity index (χ2n) is 4.51. The summed E-state index contributed by atoms with van der Waals surface area (Å²) in [5.41, 5.74) is 7.45. The molecule has 5 heteroatoms. The molecule has 0 aliphatic carbocycles. The van der Waals surface area contributed by atoms with E-state index in [0.717, 1.165) is 4.47 Å². The van der Waals surface area contributed by atoms with Crippen LogP contribution < -0.4 is 15.2 Å². The number of carbonyl (C=O) groups excluding carboxylic acids is 1. The molecule has 0 bridgehead atoms. The lowest BCUT2D eigenvalue weighted by Crippen LogP contribution is -2.00. The van der Waals surface area contributed by atoms with E-state index in [2.05, 4.69) is 15.9 Å². The molecule has 0 radical (unpaired) electrons. The van der Waals surface area contributed by atoms with E-state index in [-0.39, 0.29) is 5.78 Å².